The third-order valence-electron chi connectivity index (χ3n) is 5.11. The molecular weight excluding hydrogens is 340 g/mol. The van der Waals surface area contributed by atoms with Gasteiger partial charge in [-0.3, -0.25) is 9.59 Å². The lowest BCUT2D eigenvalue weighted by molar-refractivity contribution is -0.112. The smallest absolute Gasteiger partial charge is 0.267 e. The summed E-state index contributed by atoms with van der Waals surface area (Å²) in [5.41, 5.74) is 2.25. The first kappa shape index (κ1) is 17.3. The van der Waals surface area contributed by atoms with E-state index in [1.54, 1.807) is 24.3 Å². The second kappa shape index (κ2) is 7.27. The highest BCUT2D eigenvalue weighted by Gasteiger charge is 2.37. The molecule has 0 aromatic heterocycles. The van der Waals surface area contributed by atoms with Crippen molar-refractivity contribution in [3.8, 4) is 5.75 Å². The van der Waals surface area contributed by atoms with Crippen molar-refractivity contribution in [3.05, 3.63) is 65.9 Å². The number of para-hydroxylation sites is 2. The Balaban J connectivity index is 1.84. The Hall–Kier alpha value is -3.08. The summed E-state index contributed by atoms with van der Waals surface area (Å²) in [5.74, 6) is -0.138. The molecule has 0 N–H and O–H groups in total. The van der Waals surface area contributed by atoms with E-state index in [0.29, 0.717) is 28.1 Å². The van der Waals surface area contributed by atoms with Crippen molar-refractivity contribution in [1.29, 1.82) is 0 Å². The third-order valence-corrected chi connectivity index (χ3v) is 5.11. The van der Waals surface area contributed by atoms with Crippen molar-refractivity contribution in [2.24, 2.45) is 0 Å². The van der Waals surface area contributed by atoms with Crippen molar-refractivity contribution in [2.45, 2.75) is 19.3 Å². The molecule has 0 unspecified atom stereocenters. The summed E-state index contributed by atoms with van der Waals surface area (Å²) >= 11 is 0. The average Bonchev–Trinajstić information content (AvgIpc) is 2.72. The maximum Gasteiger partial charge on any atom is 0.267 e. The Morgan fingerprint density at radius 2 is 1.52 bits per heavy atom. The summed E-state index contributed by atoms with van der Waals surface area (Å²) in [5, 5.41) is 0. The fourth-order valence-electron chi connectivity index (χ4n) is 3.74. The van der Waals surface area contributed by atoms with Crippen LogP contribution in [0, 0.1) is 0 Å². The molecule has 2 amide bonds. The SMILES string of the molecule is COc1ccccc1N1C(=O)/C(=C/N2CCCCC2)c2ccccc2C1=O. The lowest BCUT2D eigenvalue weighted by Gasteiger charge is -2.32. The normalized spacial score (nSPS) is 18.6. The Morgan fingerprint density at radius 3 is 2.26 bits per heavy atom. The largest absolute Gasteiger partial charge is 0.495 e. The molecule has 2 aromatic carbocycles. The number of hydrogen-bond acceptors (Lipinski definition) is 4. The van der Waals surface area contributed by atoms with Crippen LogP contribution in [0.25, 0.3) is 5.57 Å². The highest BCUT2D eigenvalue weighted by Crippen LogP contribution is 2.36. The Labute approximate surface area is 158 Å². The summed E-state index contributed by atoms with van der Waals surface area (Å²) in [6.07, 6.45) is 5.38. The lowest BCUT2D eigenvalue weighted by atomic mass is 9.93. The monoisotopic (exact) mass is 362 g/mol. The number of piperidine rings is 1. The predicted octanol–water partition coefficient (Wildman–Crippen LogP) is 3.71. The average molecular weight is 362 g/mol. The number of likely N-dealkylation sites (tertiary alicyclic amines) is 1. The maximum absolute atomic E-state index is 13.4. The van der Waals surface area contributed by atoms with Gasteiger partial charge < -0.3 is 9.64 Å². The van der Waals surface area contributed by atoms with E-state index in [0.717, 1.165) is 25.9 Å². The number of anilines is 1. The van der Waals surface area contributed by atoms with Crippen LogP contribution in [-0.2, 0) is 4.79 Å². The number of benzene rings is 2. The summed E-state index contributed by atoms with van der Waals surface area (Å²) in [7, 11) is 1.54. The van der Waals surface area contributed by atoms with Gasteiger partial charge in [-0.1, -0.05) is 30.3 Å². The zero-order valence-corrected chi connectivity index (χ0v) is 15.4. The second-order valence-electron chi connectivity index (χ2n) is 6.80. The molecule has 0 spiro atoms. The van der Waals surface area contributed by atoms with Crippen molar-refractivity contribution in [1.82, 2.24) is 4.90 Å². The first-order valence-corrected chi connectivity index (χ1v) is 9.28. The molecule has 0 bridgehead atoms. The number of carbonyl (C=O) groups is 2. The van der Waals surface area contributed by atoms with Crippen molar-refractivity contribution in [2.75, 3.05) is 25.1 Å². The molecule has 4 rings (SSSR count). The van der Waals surface area contributed by atoms with E-state index in [9.17, 15) is 9.59 Å². The van der Waals surface area contributed by atoms with Crippen molar-refractivity contribution in [3.63, 3.8) is 0 Å². The third kappa shape index (κ3) is 3.10. The molecule has 0 aliphatic carbocycles. The molecule has 1 fully saturated rings. The summed E-state index contributed by atoms with van der Waals surface area (Å²) in [4.78, 5) is 30.0. The zero-order valence-electron chi connectivity index (χ0n) is 15.4. The molecule has 2 aliphatic heterocycles. The molecule has 0 saturated carbocycles. The molecule has 138 valence electrons. The maximum atomic E-state index is 13.4. The number of imide groups is 1. The number of amides is 2. The van der Waals surface area contributed by atoms with Gasteiger partial charge in [0.2, 0.25) is 0 Å². The molecule has 2 heterocycles. The molecule has 0 radical (unpaired) electrons. The van der Waals surface area contributed by atoms with Crippen LogP contribution in [0.3, 0.4) is 0 Å². The lowest BCUT2D eigenvalue weighted by Crippen LogP contribution is -2.42. The molecule has 27 heavy (non-hydrogen) atoms. The van der Waals surface area contributed by atoms with Gasteiger partial charge in [0.15, 0.2) is 0 Å². The summed E-state index contributed by atoms with van der Waals surface area (Å²) in [6, 6.07) is 14.4. The summed E-state index contributed by atoms with van der Waals surface area (Å²) in [6.45, 7) is 1.86. The second-order valence-corrected chi connectivity index (χ2v) is 6.80. The highest BCUT2D eigenvalue weighted by molar-refractivity contribution is 6.41. The number of fused-ring (bicyclic) bond motifs is 1. The van der Waals surface area contributed by atoms with Crippen LogP contribution in [0.5, 0.6) is 5.75 Å². The van der Waals surface area contributed by atoms with Crippen LogP contribution in [0.15, 0.2) is 54.7 Å². The molecule has 5 nitrogen and oxygen atoms in total. The van der Waals surface area contributed by atoms with Crippen LogP contribution < -0.4 is 9.64 Å². The zero-order chi connectivity index (χ0) is 18.8. The Bertz CT molecular complexity index is 913. The van der Waals surface area contributed by atoms with Crippen LogP contribution in [-0.4, -0.2) is 36.9 Å². The first-order chi connectivity index (χ1) is 13.2. The van der Waals surface area contributed by atoms with Gasteiger partial charge in [0.1, 0.15) is 5.75 Å². The predicted molar refractivity (Wildman–Crippen MR) is 105 cm³/mol. The Morgan fingerprint density at radius 1 is 0.852 bits per heavy atom. The number of methoxy groups -OCH3 is 1. The molecule has 5 heteroatoms. The highest BCUT2D eigenvalue weighted by atomic mass is 16.5. The number of carbonyl (C=O) groups excluding carboxylic acids is 2. The van der Waals surface area contributed by atoms with Crippen LogP contribution in [0.1, 0.15) is 35.2 Å². The molecular formula is C22H22N2O3. The van der Waals surface area contributed by atoms with Gasteiger partial charge in [-0.15, -0.1) is 0 Å². The quantitative estimate of drug-likeness (QED) is 0.617. The summed E-state index contributed by atoms with van der Waals surface area (Å²) < 4.78 is 5.39. The van der Waals surface area contributed by atoms with Gasteiger partial charge in [-0.25, -0.2) is 4.90 Å². The van der Waals surface area contributed by atoms with E-state index in [2.05, 4.69) is 4.90 Å². The van der Waals surface area contributed by atoms with Crippen molar-refractivity contribution < 1.29 is 14.3 Å². The number of ether oxygens (including phenoxy) is 1. The number of hydrogen-bond donors (Lipinski definition) is 0. The van der Waals surface area contributed by atoms with E-state index < -0.39 is 0 Å². The van der Waals surface area contributed by atoms with Gasteiger partial charge in [0.25, 0.3) is 11.8 Å². The minimum absolute atomic E-state index is 0.311. The molecule has 2 aromatic rings. The minimum atomic E-state index is -0.323. The van der Waals surface area contributed by atoms with Gasteiger partial charge in [-0.2, -0.15) is 0 Å². The van der Waals surface area contributed by atoms with Crippen LogP contribution in [0.2, 0.25) is 0 Å². The Kier molecular flexibility index (Phi) is 4.67. The fourth-order valence-corrected chi connectivity index (χ4v) is 3.74. The number of nitrogens with zero attached hydrogens (tertiary/aromatic N) is 2. The van der Waals surface area contributed by atoms with Gasteiger partial charge in [0, 0.05) is 30.4 Å². The molecule has 0 atom stereocenters. The molecule has 2 aliphatic rings. The van der Waals surface area contributed by atoms with E-state index in [4.69, 9.17) is 4.74 Å². The minimum Gasteiger partial charge on any atom is -0.495 e. The first-order valence-electron chi connectivity index (χ1n) is 9.28. The van der Waals surface area contributed by atoms with Crippen molar-refractivity contribution >= 4 is 23.1 Å². The van der Waals surface area contributed by atoms with Crippen LogP contribution in [0.4, 0.5) is 5.69 Å². The molecule has 1 saturated heterocycles. The van der Waals surface area contributed by atoms with Gasteiger partial charge in [-0.05, 0) is 37.5 Å². The number of rotatable bonds is 3. The van der Waals surface area contributed by atoms with Gasteiger partial charge >= 0.3 is 0 Å². The van der Waals surface area contributed by atoms with E-state index in [-0.39, 0.29) is 11.8 Å². The van der Waals surface area contributed by atoms with E-state index in [1.807, 2.05) is 30.5 Å². The standard InChI is InChI=1S/C22H22N2O3/c1-27-20-12-6-5-11-19(20)24-21(25)17-10-4-3-9-16(17)18(22(24)26)15-23-13-7-2-8-14-23/h3-6,9-12,15H,2,7-8,13-14H2,1H3/b18-15+. The van der Waals surface area contributed by atoms with Crippen LogP contribution >= 0.6 is 0 Å². The topological polar surface area (TPSA) is 49.9 Å². The van der Waals surface area contributed by atoms with E-state index in [1.165, 1.54) is 18.4 Å². The fraction of sp³-hybridized carbons (Fsp3) is 0.273. The van der Waals surface area contributed by atoms with E-state index >= 15 is 0 Å². The van der Waals surface area contributed by atoms with Gasteiger partial charge in [0.05, 0.1) is 18.4 Å².